The van der Waals surface area contributed by atoms with E-state index in [2.05, 4.69) is 72.3 Å². The van der Waals surface area contributed by atoms with E-state index >= 15 is 0 Å². The molecule has 0 saturated carbocycles. The zero-order chi connectivity index (χ0) is 32.7. The second kappa shape index (κ2) is 11.6. The predicted octanol–water partition coefficient (Wildman–Crippen LogP) is 9.49. The third kappa shape index (κ3) is 7.92. The summed E-state index contributed by atoms with van der Waals surface area (Å²) in [6, 6.07) is 12.5. The molecule has 43 heavy (non-hydrogen) atoms. The number of benzene rings is 3. The zero-order valence-corrected chi connectivity index (χ0v) is 27.8. The lowest BCUT2D eigenvalue weighted by atomic mass is 9.79. The molecule has 0 atom stereocenters. The number of hydrogen-bond acceptors (Lipinski definition) is 5. The lowest BCUT2D eigenvalue weighted by molar-refractivity contribution is 0.0697. The minimum atomic E-state index is -1.08. The molecule has 0 saturated heterocycles. The van der Waals surface area contributed by atoms with Crippen molar-refractivity contribution in [1.82, 2.24) is 0 Å². The summed E-state index contributed by atoms with van der Waals surface area (Å²) in [7, 11) is 0. The maximum absolute atomic E-state index is 11.8. The Hall–Kier alpha value is -3.93. The first-order chi connectivity index (χ1) is 19.5. The van der Waals surface area contributed by atoms with Gasteiger partial charge in [0.15, 0.2) is 0 Å². The van der Waals surface area contributed by atoms with E-state index < -0.39 is 5.97 Å². The van der Waals surface area contributed by atoms with E-state index in [-0.39, 0.29) is 38.7 Å². The van der Waals surface area contributed by atoms with Crippen molar-refractivity contribution in [3.05, 3.63) is 81.4 Å². The predicted molar refractivity (Wildman–Crippen MR) is 179 cm³/mol. The van der Waals surface area contributed by atoms with Crippen molar-refractivity contribution in [2.24, 2.45) is 9.98 Å². The van der Waals surface area contributed by atoms with E-state index in [9.17, 15) is 20.1 Å². The van der Waals surface area contributed by atoms with Crippen molar-refractivity contribution >= 4 is 29.8 Å². The number of hydrogen-bond donors (Lipinski definition) is 3. The van der Waals surface area contributed by atoms with Crippen LogP contribution >= 0.6 is 0 Å². The highest BCUT2D eigenvalue weighted by atomic mass is 16.4. The van der Waals surface area contributed by atoms with Gasteiger partial charge in [-0.05, 0) is 63.1 Å². The van der Waals surface area contributed by atoms with Crippen LogP contribution in [0.5, 0.6) is 11.5 Å². The van der Waals surface area contributed by atoms with Crippen molar-refractivity contribution < 1.29 is 20.1 Å². The average molecular weight is 585 g/mol. The molecule has 0 bridgehead atoms. The standard InChI is InChI=1S/C37H48N2O4/c1-34(2,3)25-15-23(31(40)27(18-25)36(7,8)9)20-38-29-14-13-22(33(42)43)17-30(29)39-21-24-16-26(35(4,5)6)19-28(32(24)41)37(10,11)12/h13-21,40-41H,1-12H3,(H,42,43). The first-order valence-electron chi connectivity index (χ1n) is 14.7. The fourth-order valence-corrected chi connectivity index (χ4v) is 4.67. The Bertz CT molecular complexity index is 1590. The van der Waals surface area contributed by atoms with Crippen molar-refractivity contribution in [3.63, 3.8) is 0 Å². The summed E-state index contributed by atoms with van der Waals surface area (Å²) >= 11 is 0. The third-order valence-corrected chi connectivity index (χ3v) is 7.53. The van der Waals surface area contributed by atoms with Gasteiger partial charge < -0.3 is 15.3 Å². The van der Waals surface area contributed by atoms with Gasteiger partial charge in [0.2, 0.25) is 0 Å². The molecular weight excluding hydrogens is 536 g/mol. The summed E-state index contributed by atoms with van der Waals surface area (Å²) in [6.07, 6.45) is 3.17. The van der Waals surface area contributed by atoms with Crippen LogP contribution in [0.15, 0.2) is 52.4 Å². The molecule has 0 aromatic heterocycles. The molecule has 0 amide bonds. The number of nitrogens with zero attached hydrogens (tertiary/aromatic N) is 2. The van der Waals surface area contributed by atoms with Crippen LogP contribution in [-0.4, -0.2) is 33.7 Å². The fourth-order valence-electron chi connectivity index (χ4n) is 4.67. The molecule has 0 radical (unpaired) electrons. The summed E-state index contributed by atoms with van der Waals surface area (Å²) in [5.74, 6) is -0.776. The van der Waals surface area contributed by atoms with Crippen LogP contribution in [-0.2, 0) is 21.7 Å². The third-order valence-electron chi connectivity index (χ3n) is 7.53. The number of carbonyl (C=O) groups is 1. The Labute approximate surface area is 257 Å². The second-order valence-electron chi connectivity index (χ2n) is 15.4. The van der Waals surface area contributed by atoms with Gasteiger partial charge in [-0.3, -0.25) is 9.98 Å². The van der Waals surface area contributed by atoms with E-state index in [4.69, 9.17) is 0 Å². The van der Waals surface area contributed by atoms with Crippen molar-refractivity contribution in [3.8, 4) is 11.5 Å². The van der Waals surface area contributed by atoms with Crippen LogP contribution in [0, 0.1) is 0 Å². The summed E-state index contributed by atoms with van der Waals surface area (Å²) in [5.41, 5.74) is 4.79. The summed E-state index contributed by atoms with van der Waals surface area (Å²) < 4.78 is 0. The van der Waals surface area contributed by atoms with Crippen molar-refractivity contribution in [2.45, 2.75) is 105 Å². The zero-order valence-electron chi connectivity index (χ0n) is 27.8. The molecule has 3 N–H and O–H groups in total. The minimum absolute atomic E-state index is 0.0711. The summed E-state index contributed by atoms with van der Waals surface area (Å²) in [6.45, 7) is 25.0. The molecule has 0 spiro atoms. The number of carboxylic acid groups (broad SMARTS) is 1. The Morgan fingerprint density at radius 1 is 0.581 bits per heavy atom. The molecule has 6 heteroatoms. The number of aliphatic imine (C=N–C) groups is 2. The largest absolute Gasteiger partial charge is 0.507 e. The van der Waals surface area contributed by atoms with Crippen LogP contribution in [0.4, 0.5) is 11.4 Å². The number of phenolic OH excluding ortho intramolecular Hbond substituents is 2. The number of carboxylic acids is 1. The molecule has 6 nitrogen and oxygen atoms in total. The van der Waals surface area contributed by atoms with Gasteiger partial charge in [0, 0.05) is 34.7 Å². The average Bonchev–Trinajstić information content (AvgIpc) is 2.84. The van der Waals surface area contributed by atoms with Gasteiger partial charge in [-0.1, -0.05) is 95.2 Å². The SMILES string of the molecule is CC(C)(C)c1cc(C=Nc2ccc(C(=O)O)cc2N=Cc2cc(C(C)(C)C)cc(C(C)(C)C)c2O)c(O)c(C(C)(C)C)c1. The topological polar surface area (TPSA) is 102 Å². The van der Waals surface area contributed by atoms with E-state index in [0.29, 0.717) is 22.5 Å². The molecule has 3 aromatic rings. The first-order valence-corrected chi connectivity index (χ1v) is 14.7. The van der Waals surface area contributed by atoms with Gasteiger partial charge in [0.05, 0.1) is 16.9 Å². The maximum Gasteiger partial charge on any atom is 0.335 e. The summed E-state index contributed by atoms with van der Waals surface area (Å²) in [5, 5.41) is 32.1. The maximum atomic E-state index is 11.8. The van der Waals surface area contributed by atoms with E-state index in [1.54, 1.807) is 18.5 Å². The molecule has 3 rings (SSSR count). The summed E-state index contributed by atoms with van der Waals surface area (Å²) in [4.78, 5) is 21.2. The highest BCUT2D eigenvalue weighted by Gasteiger charge is 2.26. The number of aromatic carboxylic acids is 1. The highest BCUT2D eigenvalue weighted by Crippen LogP contribution is 2.39. The normalized spacial score (nSPS) is 13.3. The van der Waals surface area contributed by atoms with Crippen LogP contribution < -0.4 is 0 Å². The van der Waals surface area contributed by atoms with Gasteiger partial charge in [-0.2, -0.15) is 0 Å². The van der Waals surface area contributed by atoms with E-state index in [1.807, 2.05) is 45.0 Å². The first kappa shape index (κ1) is 33.6. The van der Waals surface area contributed by atoms with Gasteiger partial charge in [0.1, 0.15) is 11.5 Å². The minimum Gasteiger partial charge on any atom is -0.507 e. The van der Waals surface area contributed by atoms with Crippen LogP contribution in [0.25, 0.3) is 0 Å². The van der Waals surface area contributed by atoms with Crippen LogP contribution in [0.3, 0.4) is 0 Å². The smallest absolute Gasteiger partial charge is 0.335 e. The molecule has 0 aliphatic heterocycles. The molecule has 3 aromatic carbocycles. The Morgan fingerprint density at radius 2 is 0.977 bits per heavy atom. The van der Waals surface area contributed by atoms with Crippen molar-refractivity contribution in [2.75, 3.05) is 0 Å². The number of phenols is 2. The van der Waals surface area contributed by atoms with Gasteiger partial charge in [-0.25, -0.2) is 4.79 Å². The molecular formula is C37H48N2O4. The number of rotatable bonds is 5. The van der Waals surface area contributed by atoms with Crippen LogP contribution in [0.2, 0.25) is 0 Å². The molecule has 0 fully saturated rings. The van der Waals surface area contributed by atoms with Gasteiger partial charge >= 0.3 is 5.97 Å². The highest BCUT2D eigenvalue weighted by molar-refractivity contribution is 5.94. The lowest BCUT2D eigenvalue weighted by Gasteiger charge is -2.27. The molecule has 0 aliphatic rings. The quantitative estimate of drug-likeness (QED) is 0.260. The fraction of sp³-hybridized carbons (Fsp3) is 0.432. The lowest BCUT2D eigenvalue weighted by Crippen LogP contribution is -2.17. The molecule has 230 valence electrons. The molecule has 0 heterocycles. The monoisotopic (exact) mass is 584 g/mol. The van der Waals surface area contributed by atoms with Crippen molar-refractivity contribution in [1.29, 1.82) is 0 Å². The Balaban J connectivity index is 2.21. The molecule has 0 aliphatic carbocycles. The molecule has 0 unspecified atom stereocenters. The Kier molecular flexibility index (Phi) is 9.08. The van der Waals surface area contributed by atoms with Crippen LogP contribution in [0.1, 0.15) is 127 Å². The number of aromatic hydroxyl groups is 2. The van der Waals surface area contributed by atoms with Gasteiger partial charge in [-0.15, -0.1) is 0 Å². The van der Waals surface area contributed by atoms with E-state index in [0.717, 1.165) is 22.3 Å². The second-order valence-corrected chi connectivity index (χ2v) is 15.4. The van der Waals surface area contributed by atoms with E-state index in [1.165, 1.54) is 12.1 Å². The Morgan fingerprint density at radius 3 is 1.33 bits per heavy atom. The van der Waals surface area contributed by atoms with Gasteiger partial charge in [0.25, 0.3) is 0 Å².